The molecule has 0 radical (unpaired) electrons. The number of carbonyl (C=O) groups is 1. The number of aryl methyl sites for hydroxylation is 1. The second-order valence-electron chi connectivity index (χ2n) is 6.49. The summed E-state index contributed by atoms with van der Waals surface area (Å²) in [5, 5.41) is 0. The normalized spacial score (nSPS) is 14.4. The molecule has 1 saturated heterocycles. The Labute approximate surface area is 147 Å². The summed E-state index contributed by atoms with van der Waals surface area (Å²) < 4.78 is 2.10. The van der Waals surface area contributed by atoms with Crippen molar-refractivity contribution in [3.05, 3.63) is 54.0 Å². The van der Waals surface area contributed by atoms with Crippen LogP contribution in [0.4, 0.5) is 0 Å². The molecule has 2 aromatic heterocycles. The zero-order valence-electron chi connectivity index (χ0n) is 14.5. The summed E-state index contributed by atoms with van der Waals surface area (Å²) >= 11 is 0. The number of pyridine rings is 1. The smallest absolute Gasteiger partial charge is 0.226 e. The van der Waals surface area contributed by atoms with E-state index >= 15 is 0 Å². The first kappa shape index (κ1) is 15.8. The van der Waals surface area contributed by atoms with Crippen LogP contribution in [0.25, 0.3) is 16.9 Å². The van der Waals surface area contributed by atoms with E-state index in [1.165, 1.54) is 0 Å². The standard InChI is InChI=1S/C20H22N4O/c1-2-18-22-17-6-5-11-21-20(17)24(18)16-9-7-15(8-10-16)14-19(25)23-12-3-4-13-23/h5-11H,2-4,12-14H2,1H3. The minimum absolute atomic E-state index is 0.231. The lowest BCUT2D eigenvalue weighted by molar-refractivity contribution is -0.129. The Balaban J connectivity index is 1.61. The number of imidazole rings is 1. The summed E-state index contributed by atoms with van der Waals surface area (Å²) in [5.74, 6) is 1.23. The largest absolute Gasteiger partial charge is 0.342 e. The lowest BCUT2D eigenvalue weighted by Gasteiger charge is -2.15. The SMILES string of the molecule is CCc1nc2cccnc2n1-c1ccc(CC(=O)N2CCCC2)cc1. The van der Waals surface area contributed by atoms with Gasteiger partial charge in [-0.2, -0.15) is 0 Å². The third-order valence-corrected chi connectivity index (χ3v) is 4.81. The number of nitrogens with zero attached hydrogens (tertiary/aromatic N) is 4. The van der Waals surface area contributed by atoms with Crippen LogP contribution in [0.1, 0.15) is 31.2 Å². The molecule has 0 spiro atoms. The summed E-state index contributed by atoms with van der Waals surface area (Å²) in [6.45, 7) is 3.91. The van der Waals surface area contributed by atoms with E-state index in [-0.39, 0.29) is 5.91 Å². The topological polar surface area (TPSA) is 51.0 Å². The highest BCUT2D eigenvalue weighted by Gasteiger charge is 2.18. The highest BCUT2D eigenvalue weighted by molar-refractivity contribution is 5.79. The first-order valence-electron chi connectivity index (χ1n) is 8.95. The number of fused-ring (bicyclic) bond motifs is 1. The number of rotatable bonds is 4. The molecule has 1 amide bonds. The van der Waals surface area contributed by atoms with Gasteiger partial charge in [0.05, 0.1) is 6.42 Å². The number of aromatic nitrogens is 3. The molecule has 1 aromatic carbocycles. The van der Waals surface area contributed by atoms with Gasteiger partial charge in [-0.1, -0.05) is 19.1 Å². The Morgan fingerprint density at radius 1 is 1.12 bits per heavy atom. The van der Waals surface area contributed by atoms with Crippen molar-refractivity contribution in [1.82, 2.24) is 19.4 Å². The molecule has 1 fully saturated rings. The van der Waals surface area contributed by atoms with Gasteiger partial charge in [-0.15, -0.1) is 0 Å². The molecule has 4 rings (SSSR count). The molecule has 0 atom stereocenters. The second-order valence-corrected chi connectivity index (χ2v) is 6.49. The molecule has 25 heavy (non-hydrogen) atoms. The number of benzene rings is 1. The van der Waals surface area contributed by atoms with Gasteiger partial charge in [0, 0.05) is 31.4 Å². The lowest BCUT2D eigenvalue weighted by Crippen LogP contribution is -2.29. The zero-order valence-corrected chi connectivity index (χ0v) is 14.5. The van der Waals surface area contributed by atoms with E-state index < -0.39 is 0 Å². The van der Waals surface area contributed by atoms with E-state index in [1.54, 1.807) is 6.20 Å². The average Bonchev–Trinajstić information content (AvgIpc) is 3.30. The van der Waals surface area contributed by atoms with Crippen molar-refractivity contribution in [2.45, 2.75) is 32.6 Å². The van der Waals surface area contributed by atoms with E-state index in [1.807, 2.05) is 29.2 Å². The molecule has 1 aliphatic heterocycles. The van der Waals surface area contributed by atoms with Crippen LogP contribution < -0.4 is 0 Å². The molecule has 3 heterocycles. The quantitative estimate of drug-likeness (QED) is 0.736. The number of likely N-dealkylation sites (tertiary alicyclic amines) is 1. The highest BCUT2D eigenvalue weighted by Crippen LogP contribution is 2.21. The van der Waals surface area contributed by atoms with Crippen molar-refractivity contribution >= 4 is 17.1 Å². The van der Waals surface area contributed by atoms with Crippen LogP contribution in [0.15, 0.2) is 42.6 Å². The van der Waals surface area contributed by atoms with Gasteiger partial charge in [0.25, 0.3) is 0 Å². The molecule has 0 unspecified atom stereocenters. The first-order valence-corrected chi connectivity index (χ1v) is 8.95. The van der Waals surface area contributed by atoms with E-state index in [4.69, 9.17) is 0 Å². The van der Waals surface area contributed by atoms with Crippen LogP contribution in [0.2, 0.25) is 0 Å². The molecule has 0 N–H and O–H groups in total. The molecule has 0 saturated carbocycles. The third-order valence-electron chi connectivity index (χ3n) is 4.81. The Morgan fingerprint density at radius 2 is 1.88 bits per heavy atom. The van der Waals surface area contributed by atoms with Crippen LogP contribution in [0, 0.1) is 0 Å². The van der Waals surface area contributed by atoms with Crippen molar-refractivity contribution in [3.63, 3.8) is 0 Å². The number of hydrogen-bond acceptors (Lipinski definition) is 3. The number of carbonyl (C=O) groups excluding carboxylic acids is 1. The molecule has 5 nitrogen and oxygen atoms in total. The van der Waals surface area contributed by atoms with E-state index in [0.29, 0.717) is 6.42 Å². The van der Waals surface area contributed by atoms with Crippen molar-refractivity contribution in [2.75, 3.05) is 13.1 Å². The monoisotopic (exact) mass is 334 g/mol. The van der Waals surface area contributed by atoms with Gasteiger partial charge in [-0.05, 0) is 42.7 Å². The molecule has 0 bridgehead atoms. The van der Waals surface area contributed by atoms with Crippen LogP contribution >= 0.6 is 0 Å². The van der Waals surface area contributed by atoms with Crippen LogP contribution in [-0.4, -0.2) is 38.4 Å². The zero-order chi connectivity index (χ0) is 17.2. The summed E-state index contributed by atoms with van der Waals surface area (Å²) in [4.78, 5) is 23.4. The maximum absolute atomic E-state index is 12.3. The Kier molecular flexibility index (Phi) is 4.22. The van der Waals surface area contributed by atoms with E-state index in [9.17, 15) is 4.79 Å². The predicted octanol–water partition coefficient (Wildman–Crippen LogP) is 3.15. The summed E-state index contributed by atoms with van der Waals surface area (Å²) in [6, 6.07) is 12.1. The minimum Gasteiger partial charge on any atom is -0.342 e. The summed E-state index contributed by atoms with van der Waals surface area (Å²) in [5.41, 5.74) is 3.87. The maximum atomic E-state index is 12.3. The van der Waals surface area contributed by atoms with Gasteiger partial charge < -0.3 is 4.90 Å². The number of amides is 1. The van der Waals surface area contributed by atoms with Crippen LogP contribution in [-0.2, 0) is 17.6 Å². The molecular formula is C20H22N4O. The minimum atomic E-state index is 0.231. The fraction of sp³-hybridized carbons (Fsp3) is 0.350. The van der Waals surface area contributed by atoms with Crippen LogP contribution in [0.5, 0.6) is 0 Å². The van der Waals surface area contributed by atoms with Crippen molar-refractivity contribution < 1.29 is 4.79 Å². The maximum Gasteiger partial charge on any atom is 0.226 e. The van der Waals surface area contributed by atoms with Gasteiger partial charge in [-0.3, -0.25) is 9.36 Å². The Bertz CT molecular complexity index is 892. The molecule has 3 aromatic rings. The second kappa shape index (κ2) is 6.67. The van der Waals surface area contributed by atoms with Crippen molar-refractivity contribution in [3.8, 4) is 5.69 Å². The number of hydrogen-bond donors (Lipinski definition) is 0. The van der Waals surface area contributed by atoms with Gasteiger partial charge in [-0.25, -0.2) is 9.97 Å². The molecule has 0 aliphatic carbocycles. The molecular weight excluding hydrogens is 312 g/mol. The third kappa shape index (κ3) is 3.02. The predicted molar refractivity (Wildman–Crippen MR) is 97.8 cm³/mol. The first-order chi connectivity index (χ1) is 12.3. The average molecular weight is 334 g/mol. The summed E-state index contributed by atoms with van der Waals surface area (Å²) in [7, 11) is 0. The Hall–Kier alpha value is -2.69. The molecule has 1 aliphatic rings. The van der Waals surface area contributed by atoms with Crippen molar-refractivity contribution in [1.29, 1.82) is 0 Å². The molecule has 128 valence electrons. The summed E-state index contributed by atoms with van der Waals surface area (Å²) in [6.07, 6.45) is 5.37. The fourth-order valence-electron chi connectivity index (χ4n) is 3.48. The van der Waals surface area contributed by atoms with E-state index in [2.05, 4.69) is 33.6 Å². The molecule has 5 heteroatoms. The van der Waals surface area contributed by atoms with Gasteiger partial charge in [0.15, 0.2) is 5.65 Å². The lowest BCUT2D eigenvalue weighted by atomic mass is 10.1. The Morgan fingerprint density at radius 3 is 2.60 bits per heavy atom. The highest BCUT2D eigenvalue weighted by atomic mass is 16.2. The van der Waals surface area contributed by atoms with Crippen LogP contribution in [0.3, 0.4) is 0 Å². The van der Waals surface area contributed by atoms with Gasteiger partial charge in [0.1, 0.15) is 11.3 Å². The van der Waals surface area contributed by atoms with Gasteiger partial charge in [0.2, 0.25) is 5.91 Å². The van der Waals surface area contributed by atoms with Gasteiger partial charge >= 0.3 is 0 Å². The fourth-order valence-corrected chi connectivity index (χ4v) is 3.48. The van der Waals surface area contributed by atoms with E-state index in [0.717, 1.165) is 60.6 Å². The van der Waals surface area contributed by atoms with Crippen molar-refractivity contribution in [2.24, 2.45) is 0 Å².